The first-order chi connectivity index (χ1) is 43.6. The molecule has 9 nitrogen and oxygen atoms in total. The number of carboxylic acid groups (broad SMARTS) is 1. The molecule has 0 heterocycles. The minimum Gasteiger partial charge on any atom is -0.477 e. The normalized spacial score (nSPS) is 13.0. The van der Waals surface area contributed by atoms with Crippen LogP contribution in [0, 0.1) is 0 Å². The van der Waals surface area contributed by atoms with Crippen LogP contribution in [0.3, 0.4) is 0 Å². The van der Waals surface area contributed by atoms with Gasteiger partial charge in [-0.05, 0) is 57.8 Å². The van der Waals surface area contributed by atoms with E-state index in [4.69, 9.17) is 18.9 Å². The molecule has 0 aliphatic carbocycles. The summed E-state index contributed by atoms with van der Waals surface area (Å²) in [7, 11) is 5.99. The predicted molar refractivity (Wildman–Crippen MR) is 383 cm³/mol. The van der Waals surface area contributed by atoms with Crippen molar-refractivity contribution in [2.24, 2.45) is 0 Å². The van der Waals surface area contributed by atoms with Crippen LogP contribution in [-0.4, -0.2) is 87.4 Å². The zero-order valence-electron chi connectivity index (χ0n) is 59.6. The number of carboxylic acids is 1. The van der Waals surface area contributed by atoms with Crippen LogP contribution in [0.4, 0.5) is 0 Å². The van der Waals surface area contributed by atoms with Crippen LogP contribution in [0.15, 0.2) is 60.8 Å². The molecule has 1 N–H and O–H groups in total. The number of aliphatic carboxylic acids is 1. The monoisotopic (exact) mass is 1250 g/mol. The van der Waals surface area contributed by atoms with Crippen molar-refractivity contribution >= 4 is 17.9 Å². The molecule has 0 aliphatic heterocycles. The van der Waals surface area contributed by atoms with Crippen LogP contribution in [0.2, 0.25) is 0 Å². The number of esters is 2. The molecule has 0 saturated heterocycles. The van der Waals surface area contributed by atoms with E-state index in [0.29, 0.717) is 17.4 Å². The molecule has 0 aromatic carbocycles. The lowest BCUT2D eigenvalue weighted by atomic mass is 10.0. The van der Waals surface area contributed by atoms with E-state index >= 15 is 0 Å². The molecule has 0 radical (unpaired) electrons. The van der Waals surface area contributed by atoms with Crippen molar-refractivity contribution in [3.8, 4) is 0 Å². The van der Waals surface area contributed by atoms with Gasteiger partial charge in [-0.2, -0.15) is 0 Å². The van der Waals surface area contributed by atoms with E-state index in [2.05, 4.69) is 74.6 Å². The smallest absolute Gasteiger partial charge is 0.361 e. The van der Waals surface area contributed by atoms with Crippen LogP contribution in [-0.2, 0) is 33.3 Å². The fraction of sp³-hybridized carbons (Fsp3) is 0.838. The Kier molecular flexibility index (Phi) is 68.5. The number of unbranched alkanes of at least 4 members (excludes halogenated alkanes) is 47. The second-order valence-corrected chi connectivity index (χ2v) is 27.3. The summed E-state index contributed by atoms with van der Waals surface area (Å²) in [6, 6.07) is 0. The third-order valence-corrected chi connectivity index (χ3v) is 17.3. The Morgan fingerprint density at radius 3 is 0.955 bits per heavy atom. The number of carbonyl (C=O) groups excluding carboxylic acids is 2. The molecule has 520 valence electrons. The second-order valence-electron chi connectivity index (χ2n) is 27.3. The van der Waals surface area contributed by atoms with Crippen LogP contribution in [0.5, 0.6) is 0 Å². The van der Waals surface area contributed by atoms with Gasteiger partial charge in [-0.1, -0.05) is 364 Å². The fourth-order valence-corrected chi connectivity index (χ4v) is 11.5. The van der Waals surface area contributed by atoms with Gasteiger partial charge in [0.2, 0.25) is 0 Å². The zero-order valence-corrected chi connectivity index (χ0v) is 59.6. The Morgan fingerprint density at radius 1 is 0.348 bits per heavy atom. The summed E-state index contributed by atoms with van der Waals surface area (Å²) in [5, 5.41) is 9.76. The first-order valence-corrected chi connectivity index (χ1v) is 38.5. The Bertz CT molecular complexity index is 1650. The fourth-order valence-electron chi connectivity index (χ4n) is 11.5. The maximum Gasteiger partial charge on any atom is 0.361 e. The maximum absolute atomic E-state index is 13.0. The number of carbonyl (C=O) groups is 3. The average Bonchev–Trinajstić information content (AvgIpc) is 3.64. The summed E-state index contributed by atoms with van der Waals surface area (Å²) in [4.78, 5) is 37.7. The number of quaternary nitrogens is 1. The van der Waals surface area contributed by atoms with Gasteiger partial charge in [-0.25, -0.2) is 4.79 Å². The van der Waals surface area contributed by atoms with Crippen LogP contribution in [0.25, 0.3) is 0 Å². The molecule has 2 unspecified atom stereocenters. The molecule has 0 saturated carbocycles. The average molecular weight is 1250 g/mol. The summed E-state index contributed by atoms with van der Waals surface area (Å²) in [6.07, 6.45) is 90.8. The molecule has 9 heteroatoms. The van der Waals surface area contributed by atoms with E-state index in [0.717, 1.165) is 70.6 Å². The number of ether oxygens (including phenoxy) is 4. The van der Waals surface area contributed by atoms with E-state index in [1.54, 1.807) is 0 Å². The third kappa shape index (κ3) is 72.3. The Labute approximate surface area is 552 Å². The maximum atomic E-state index is 13.0. The highest BCUT2D eigenvalue weighted by Crippen LogP contribution is 2.19. The van der Waals surface area contributed by atoms with Crippen LogP contribution >= 0.6 is 0 Å². The van der Waals surface area contributed by atoms with E-state index < -0.39 is 18.4 Å². The minimum atomic E-state index is -1.51. The molecule has 0 bridgehead atoms. The van der Waals surface area contributed by atoms with Gasteiger partial charge < -0.3 is 28.5 Å². The van der Waals surface area contributed by atoms with E-state index in [-0.39, 0.29) is 38.2 Å². The first-order valence-electron chi connectivity index (χ1n) is 38.5. The topological polar surface area (TPSA) is 108 Å². The third-order valence-electron chi connectivity index (χ3n) is 17.3. The van der Waals surface area contributed by atoms with E-state index in [1.807, 2.05) is 21.1 Å². The molecule has 0 amide bonds. The quantitative estimate of drug-likeness (QED) is 0.0211. The molecule has 0 rings (SSSR count). The zero-order chi connectivity index (χ0) is 64.7. The van der Waals surface area contributed by atoms with Crippen LogP contribution < -0.4 is 0 Å². The summed E-state index contributed by atoms with van der Waals surface area (Å²) in [5.41, 5.74) is 0. The first kappa shape index (κ1) is 86.0. The van der Waals surface area contributed by atoms with Gasteiger partial charge in [0.1, 0.15) is 13.2 Å². The highest BCUT2D eigenvalue weighted by atomic mass is 16.7. The van der Waals surface area contributed by atoms with Crippen LogP contribution in [0.1, 0.15) is 373 Å². The van der Waals surface area contributed by atoms with Crippen molar-refractivity contribution in [3.63, 3.8) is 0 Å². The van der Waals surface area contributed by atoms with Gasteiger partial charge >= 0.3 is 17.9 Å². The number of hydrogen-bond acceptors (Lipinski definition) is 7. The van der Waals surface area contributed by atoms with Crippen molar-refractivity contribution < 1.29 is 42.9 Å². The molecule has 0 aromatic heterocycles. The molecule has 0 fully saturated rings. The number of rotatable bonds is 72. The van der Waals surface area contributed by atoms with Gasteiger partial charge in [0.05, 0.1) is 34.4 Å². The summed E-state index contributed by atoms with van der Waals surface area (Å²) < 4.78 is 23.0. The molecule has 0 aliphatic rings. The molecule has 2 atom stereocenters. The van der Waals surface area contributed by atoms with Crippen molar-refractivity contribution in [1.82, 2.24) is 0 Å². The molecular weight excluding hydrogens is 1100 g/mol. The van der Waals surface area contributed by atoms with E-state index in [9.17, 15) is 19.5 Å². The van der Waals surface area contributed by atoms with Gasteiger partial charge in [0, 0.05) is 12.8 Å². The summed E-state index contributed by atoms with van der Waals surface area (Å²) in [6.45, 7) is 4.84. The van der Waals surface area contributed by atoms with Crippen molar-refractivity contribution in [1.29, 1.82) is 0 Å². The Morgan fingerprint density at radius 2 is 0.640 bits per heavy atom. The van der Waals surface area contributed by atoms with Gasteiger partial charge in [-0.3, -0.25) is 9.59 Å². The number of allylic oxidation sites excluding steroid dienone is 10. The molecule has 89 heavy (non-hydrogen) atoms. The lowest BCUT2D eigenvalue weighted by Crippen LogP contribution is -2.40. The van der Waals surface area contributed by atoms with Gasteiger partial charge in [0.15, 0.2) is 6.10 Å². The van der Waals surface area contributed by atoms with Crippen molar-refractivity contribution in [2.75, 3.05) is 47.5 Å². The van der Waals surface area contributed by atoms with Gasteiger partial charge in [-0.15, -0.1) is 0 Å². The standard InChI is InChI=1S/C80H147NO8/c1-6-8-10-12-14-16-18-20-22-24-26-28-30-31-32-33-34-35-36-37-38-39-40-41-42-43-44-45-46-47-49-51-53-55-57-59-61-63-65-67-69-71-78(83)89-76(75-88-80(79(84)85)86-73-72-81(3,4)5)74-87-77(82)70-68-66-64-62-60-58-56-54-52-50-48-29-27-25-23-21-19-17-15-13-11-9-7-2/h8,10,14,16,20,22,26,28,31-32,76,80H,6-7,9,11-13,15,17-19,21,23-25,27,29-30,33-75H2,1-5H3/p+1/b10-8-,16-14-,22-20-,28-26-,32-31-. The molecule has 0 spiro atoms. The lowest BCUT2D eigenvalue weighted by Gasteiger charge is -2.25. The summed E-state index contributed by atoms with van der Waals surface area (Å²) in [5.74, 6) is -1.97. The molecular formula is C80H148NO8+. The van der Waals surface area contributed by atoms with Gasteiger partial charge in [0.25, 0.3) is 6.29 Å². The summed E-state index contributed by atoms with van der Waals surface area (Å²) >= 11 is 0. The minimum absolute atomic E-state index is 0.175. The lowest BCUT2D eigenvalue weighted by molar-refractivity contribution is -0.870. The highest BCUT2D eigenvalue weighted by Gasteiger charge is 2.25. The Balaban J connectivity index is 3.95. The van der Waals surface area contributed by atoms with E-state index in [1.165, 1.54) is 276 Å². The second kappa shape index (κ2) is 70.9. The number of nitrogens with zero attached hydrogens (tertiary/aromatic N) is 1. The number of hydrogen-bond donors (Lipinski definition) is 1. The molecule has 0 aromatic rings. The Hall–Kier alpha value is -3.01. The van der Waals surface area contributed by atoms with Crippen molar-refractivity contribution in [3.05, 3.63) is 60.8 Å². The largest absolute Gasteiger partial charge is 0.477 e. The predicted octanol–water partition coefficient (Wildman–Crippen LogP) is 24.3. The number of likely N-dealkylation sites (N-methyl/N-ethyl adjacent to an activating group) is 1. The SMILES string of the molecule is CC/C=C\C/C=C\C/C=C\C/C=C\C/C=C\CCCCCCCCCCCCCCCCCCCCCCCCCCCC(=O)OC(COC(=O)CCCCCCCCCCCCCCCCCCCCCCCCC)COC(OCC[N+](C)(C)C)C(=O)O. The highest BCUT2D eigenvalue weighted by molar-refractivity contribution is 5.71. The van der Waals surface area contributed by atoms with Crippen molar-refractivity contribution in [2.45, 2.75) is 386 Å².